The van der Waals surface area contributed by atoms with Gasteiger partial charge < -0.3 is 9.64 Å². The minimum absolute atomic E-state index is 0.0838. The minimum Gasteiger partial charge on any atom is -0.439 e. The Hall–Kier alpha value is -4.37. The number of sulfonamides is 1. The number of hydrazone groups is 1. The number of ether oxygens (including phenoxy) is 1. The lowest BCUT2D eigenvalue weighted by atomic mass is 10.1. The summed E-state index contributed by atoms with van der Waals surface area (Å²) >= 11 is 0. The lowest BCUT2D eigenvalue weighted by Gasteiger charge is -2.15. The Morgan fingerprint density at radius 1 is 0.944 bits per heavy atom. The van der Waals surface area contributed by atoms with E-state index in [0.717, 1.165) is 11.4 Å². The average molecular weight is 501 g/mol. The fraction of sp³-hybridized carbons (Fsp3) is 0.111. The molecule has 5 rings (SSSR count). The highest BCUT2D eigenvalue weighted by Gasteiger charge is 2.30. The van der Waals surface area contributed by atoms with Crippen LogP contribution >= 0.6 is 0 Å². The van der Waals surface area contributed by atoms with E-state index in [9.17, 15) is 13.2 Å². The first-order valence-electron chi connectivity index (χ1n) is 11.4. The molecule has 0 saturated heterocycles. The van der Waals surface area contributed by atoms with Crippen LogP contribution in [-0.2, 0) is 14.8 Å². The van der Waals surface area contributed by atoms with Crippen LogP contribution in [0.3, 0.4) is 0 Å². The predicted molar refractivity (Wildman–Crippen MR) is 141 cm³/mol. The molecule has 2 heterocycles. The second-order valence-electron chi connectivity index (χ2n) is 8.17. The number of nitrogens with zero attached hydrogens (tertiary/aromatic N) is 3. The number of allylic oxidation sites excluding steroid dienone is 2. The standard InChI is InChI=1S/C27H24N4O4S/c1-3-30-24-11-7-8-12-25(24)35-26(30)18-17-23-19(2)28-31(27(23)32)21-13-15-22(16-14-21)36(33,34)29-20-9-5-4-6-10-20/h4-18,29H,3H2,1-2H3/b23-17+,26-18-. The average Bonchev–Trinajstić information content (AvgIpc) is 3.38. The van der Waals surface area contributed by atoms with E-state index in [-0.39, 0.29) is 10.8 Å². The van der Waals surface area contributed by atoms with Crippen molar-refractivity contribution in [1.29, 1.82) is 0 Å². The first-order chi connectivity index (χ1) is 17.4. The summed E-state index contributed by atoms with van der Waals surface area (Å²) in [6.45, 7) is 4.50. The van der Waals surface area contributed by atoms with Crippen LogP contribution in [0.4, 0.5) is 17.1 Å². The van der Waals surface area contributed by atoms with Gasteiger partial charge in [0.2, 0.25) is 5.88 Å². The molecule has 9 heteroatoms. The lowest BCUT2D eigenvalue weighted by Crippen LogP contribution is -2.22. The van der Waals surface area contributed by atoms with Gasteiger partial charge in [0.1, 0.15) is 0 Å². The minimum atomic E-state index is -3.76. The number of amides is 1. The van der Waals surface area contributed by atoms with E-state index < -0.39 is 10.0 Å². The molecule has 2 aliphatic rings. The molecule has 0 unspecified atom stereocenters. The molecule has 2 aliphatic heterocycles. The molecule has 8 nitrogen and oxygen atoms in total. The summed E-state index contributed by atoms with van der Waals surface area (Å²) in [5.74, 6) is 1.09. The topological polar surface area (TPSA) is 91.3 Å². The largest absolute Gasteiger partial charge is 0.439 e. The molecule has 0 bridgehead atoms. The molecule has 36 heavy (non-hydrogen) atoms. The van der Waals surface area contributed by atoms with Gasteiger partial charge in [0.25, 0.3) is 15.9 Å². The maximum Gasteiger partial charge on any atom is 0.280 e. The Bertz CT molecular complexity index is 1510. The van der Waals surface area contributed by atoms with E-state index in [0.29, 0.717) is 35.1 Å². The van der Waals surface area contributed by atoms with Crippen LogP contribution in [0.1, 0.15) is 13.8 Å². The molecule has 0 radical (unpaired) electrons. The van der Waals surface area contributed by atoms with Gasteiger partial charge in [0, 0.05) is 12.2 Å². The van der Waals surface area contributed by atoms with Crippen molar-refractivity contribution >= 4 is 38.7 Å². The zero-order valence-electron chi connectivity index (χ0n) is 19.8. The highest BCUT2D eigenvalue weighted by Crippen LogP contribution is 2.38. The number of para-hydroxylation sites is 3. The monoisotopic (exact) mass is 500 g/mol. The highest BCUT2D eigenvalue weighted by molar-refractivity contribution is 7.92. The Kier molecular flexibility index (Phi) is 6.07. The van der Waals surface area contributed by atoms with Gasteiger partial charge in [0.05, 0.1) is 27.6 Å². The molecule has 0 fully saturated rings. The highest BCUT2D eigenvalue weighted by atomic mass is 32.2. The van der Waals surface area contributed by atoms with E-state index in [1.54, 1.807) is 61.5 Å². The van der Waals surface area contributed by atoms with Crippen LogP contribution in [-0.4, -0.2) is 26.6 Å². The predicted octanol–water partition coefficient (Wildman–Crippen LogP) is 4.90. The van der Waals surface area contributed by atoms with Crippen molar-refractivity contribution in [2.45, 2.75) is 18.7 Å². The van der Waals surface area contributed by atoms with Crippen LogP contribution < -0.4 is 19.4 Å². The quantitative estimate of drug-likeness (QED) is 0.487. The number of hydrogen-bond donors (Lipinski definition) is 1. The maximum atomic E-state index is 13.1. The van der Waals surface area contributed by atoms with Crippen molar-refractivity contribution in [3.63, 3.8) is 0 Å². The number of nitrogens with one attached hydrogen (secondary N) is 1. The molecule has 0 atom stereocenters. The molecule has 0 spiro atoms. The number of carbonyl (C=O) groups excluding carboxylic acids is 1. The van der Waals surface area contributed by atoms with Crippen molar-refractivity contribution < 1.29 is 17.9 Å². The molecule has 0 aliphatic carbocycles. The number of carbonyl (C=O) groups is 1. The summed E-state index contributed by atoms with van der Waals surface area (Å²) in [6.07, 6.45) is 3.47. The number of benzene rings is 3. The summed E-state index contributed by atoms with van der Waals surface area (Å²) in [7, 11) is -3.76. The van der Waals surface area contributed by atoms with E-state index in [2.05, 4.69) is 9.82 Å². The lowest BCUT2D eigenvalue weighted by molar-refractivity contribution is -0.114. The molecule has 1 N–H and O–H groups in total. The smallest absolute Gasteiger partial charge is 0.280 e. The zero-order valence-corrected chi connectivity index (χ0v) is 20.6. The third kappa shape index (κ3) is 4.36. The molecular weight excluding hydrogens is 476 g/mol. The van der Waals surface area contributed by atoms with Gasteiger partial charge in [-0.25, -0.2) is 8.42 Å². The summed E-state index contributed by atoms with van der Waals surface area (Å²) in [4.78, 5) is 15.3. The first kappa shape index (κ1) is 23.4. The Labute approximate surface area is 209 Å². The SMILES string of the molecule is CCN1/C(=C/C=C2/C(=O)N(c3ccc(S(=O)(=O)Nc4ccccc4)cc3)N=C2C)Oc2ccccc21. The molecule has 3 aromatic carbocycles. The summed E-state index contributed by atoms with van der Waals surface area (Å²) in [5, 5.41) is 5.65. The first-order valence-corrected chi connectivity index (χ1v) is 12.9. The van der Waals surface area contributed by atoms with Gasteiger partial charge in [-0.15, -0.1) is 0 Å². The molecule has 0 aromatic heterocycles. The van der Waals surface area contributed by atoms with Crippen LogP contribution in [0.15, 0.2) is 112 Å². The van der Waals surface area contributed by atoms with Gasteiger partial charge in [-0.2, -0.15) is 10.1 Å². The molecule has 182 valence electrons. The maximum absolute atomic E-state index is 13.1. The van der Waals surface area contributed by atoms with Crippen molar-refractivity contribution in [3.8, 4) is 5.75 Å². The van der Waals surface area contributed by atoms with Gasteiger partial charge in [-0.3, -0.25) is 9.52 Å². The zero-order chi connectivity index (χ0) is 25.3. The molecular formula is C27H24N4O4S. The summed E-state index contributed by atoms with van der Waals surface area (Å²) < 4.78 is 33.9. The van der Waals surface area contributed by atoms with Crippen LogP contribution in [0, 0.1) is 0 Å². The number of hydrogen-bond acceptors (Lipinski definition) is 6. The van der Waals surface area contributed by atoms with Crippen LogP contribution in [0.5, 0.6) is 5.75 Å². The second-order valence-corrected chi connectivity index (χ2v) is 9.85. The van der Waals surface area contributed by atoms with Gasteiger partial charge >= 0.3 is 0 Å². The number of fused-ring (bicyclic) bond motifs is 1. The van der Waals surface area contributed by atoms with Crippen molar-refractivity contribution in [2.24, 2.45) is 5.10 Å². The van der Waals surface area contributed by atoms with E-state index in [4.69, 9.17) is 4.74 Å². The number of rotatable bonds is 6. The Morgan fingerprint density at radius 3 is 2.36 bits per heavy atom. The van der Waals surface area contributed by atoms with Crippen molar-refractivity contribution in [1.82, 2.24) is 0 Å². The number of anilines is 3. The van der Waals surface area contributed by atoms with Gasteiger partial charge in [0.15, 0.2) is 5.75 Å². The summed E-state index contributed by atoms with van der Waals surface area (Å²) in [6, 6.07) is 22.4. The van der Waals surface area contributed by atoms with E-state index in [1.807, 2.05) is 36.1 Å². The Balaban J connectivity index is 1.34. The molecule has 3 aromatic rings. The normalized spacial score (nSPS) is 17.4. The van der Waals surface area contributed by atoms with E-state index in [1.165, 1.54) is 17.1 Å². The fourth-order valence-electron chi connectivity index (χ4n) is 4.03. The van der Waals surface area contributed by atoms with Crippen molar-refractivity contribution in [3.05, 3.63) is 102 Å². The fourth-order valence-corrected chi connectivity index (χ4v) is 5.09. The molecule has 0 saturated carbocycles. The van der Waals surface area contributed by atoms with Crippen molar-refractivity contribution in [2.75, 3.05) is 21.2 Å². The third-order valence-corrected chi connectivity index (χ3v) is 7.22. The van der Waals surface area contributed by atoms with Gasteiger partial charge in [-0.1, -0.05) is 30.3 Å². The second kappa shape index (κ2) is 9.35. The van der Waals surface area contributed by atoms with Gasteiger partial charge in [-0.05, 0) is 74.5 Å². The van der Waals surface area contributed by atoms with Crippen LogP contribution in [0.2, 0.25) is 0 Å². The van der Waals surface area contributed by atoms with E-state index >= 15 is 0 Å². The Morgan fingerprint density at radius 2 is 1.64 bits per heavy atom. The third-order valence-electron chi connectivity index (χ3n) is 5.83. The molecule has 1 amide bonds. The summed E-state index contributed by atoms with van der Waals surface area (Å²) in [5.41, 5.74) is 2.90. The van der Waals surface area contributed by atoms with Crippen LogP contribution in [0.25, 0.3) is 0 Å².